The average Bonchev–Trinajstić information content (AvgIpc) is 3.54. The number of rotatable bonds is 7. The number of fused-ring (bicyclic) bond motifs is 1. The van der Waals surface area contributed by atoms with Crippen LogP contribution in [-0.2, 0) is 17.7 Å². The van der Waals surface area contributed by atoms with Crippen LogP contribution < -0.4 is 21.1 Å². The van der Waals surface area contributed by atoms with Gasteiger partial charge in [-0.05, 0) is 36.6 Å². The number of nitrogen functional groups attached to an aromatic ring is 1. The Kier molecular flexibility index (Phi) is 6.03. The Labute approximate surface area is 191 Å². The van der Waals surface area contributed by atoms with Crippen LogP contribution in [0.1, 0.15) is 34.3 Å². The molecule has 1 atom stereocenters. The Morgan fingerprint density at radius 2 is 2.15 bits per heavy atom. The van der Waals surface area contributed by atoms with Gasteiger partial charge < -0.3 is 25.8 Å². The van der Waals surface area contributed by atoms with E-state index in [1.54, 1.807) is 18.5 Å². The third-order valence-corrected chi connectivity index (χ3v) is 5.84. The van der Waals surface area contributed by atoms with Gasteiger partial charge >= 0.3 is 0 Å². The molecule has 4 heterocycles. The summed E-state index contributed by atoms with van der Waals surface area (Å²) in [6, 6.07) is 9.38. The molecule has 0 bridgehead atoms. The number of carbonyl (C=O) groups excluding carboxylic acids is 1. The van der Waals surface area contributed by atoms with E-state index in [0.717, 1.165) is 54.1 Å². The van der Waals surface area contributed by atoms with E-state index in [4.69, 9.17) is 15.2 Å². The zero-order valence-electron chi connectivity index (χ0n) is 18.2. The highest BCUT2D eigenvalue weighted by atomic mass is 16.5. The maximum Gasteiger partial charge on any atom is 0.251 e. The fourth-order valence-corrected chi connectivity index (χ4v) is 4.17. The quantitative estimate of drug-likeness (QED) is 0.506. The molecule has 1 saturated heterocycles. The molecule has 2 aliphatic heterocycles. The van der Waals surface area contributed by atoms with E-state index in [-0.39, 0.29) is 18.0 Å². The highest BCUT2D eigenvalue weighted by Crippen LogP contribution is 2.39. The van der Waals surface area contributed by atoms with Gasteiger partial charge in [0.25, 0.3) is 5.91 Å². The topological polar surface area (TPSA) is 124 Å². The summed E-state index contributed by atoms with van der Waals surface area (Å²) in [6.07, 6.45) is 6.28. The molecule has 0 unspecified atom stereocenters. The van der Waals surface area contributed by atoms with Crippen molar-refractivity contribution in [3.63, 3.8) is 0 Å². The summed E-state index contributed by atoms with van der Waals surface area (Å²) in [4.78, 5) is 25.4. The zero-order chi connectivity index (χ0) is 22.6. The number of pyridine rings is 1. The summed E-state index contributed by atoms with van der Waals surface area (Å²) in [7, 11) is 0. The molecule has 4 N–H and O–H groups in total. The number of nitrogens with two attached hydrogens (primary N) is 1. The van der Waals surface area contributed by atoms with E-state index in [1.165, 1.54) is 0 Å². The van der Waals surface area contributed by atoms with Crippen LogP contribution in [0.2, 0.25) is 0 Å². The number of aromatic nitrogens is 3. The smallest absolute Gasteiger partial charge is 0.251 e. The largest absolute Gasteiger partial charge is 0.492 e. The molecule has 0 saturated carbocycles. The van der Waals surface area contributed by atoms with Crippen molar-refractivity contribution in [2.24, 2.45) is 0 Å². The van der Waals surface area contributed by atoms with Gasteiger partial charge in [0.05, 0.1) is 24.0 Å². The van der Waals surface area contributed by atoms with Crippen molar-refractivity contribution in [1.82, 2.24) is 20.3 Å². The lowest BCUT2D eigenvalue weighted by Crippen LogP contribution is -2.31. The van der Waals surface area contributed by atoms with Crippen LogP contribution in [-0.4, -0.2) is 46.7 Å². The van der Waals surface area contributed by atoms with Crippen molar-refractivity contribution in [1.29, 1.82) is 0 Å². The molecule has 2 aliphatic rings. The Morgan fingerprint density at radius 3 is 3.00 bits per heavy atom. The van der Waals surface area contributed by atoms with E-state index >= 15 is 0 Å². The maximum absolute atomic E-state index is 12.5. The molecule has 0 radical (unpaired) electrons. The molecule has 1 aromatic carbocycles. The van der Waals surface area contributed by atoms with E-state index in [2.05, 4.69) is 25.6 Å². The van der Waals surface area contributed by atoms with E-state index < -0.39 is 0 Å². The van der Waals surface area contributed by atoms with Gasteiger partial charge in [0.15, 0.2) is 0 Å². The van der Waals surface area contributed by atoms with Crippen molar-refractivity contribution in [3.05, 3.63) is 59.4 Å². The SMILES string of the molecule is Nc1nccc(-c2cnc(NCc3cccc(C(=O)NC[C@@H]4CCCO4)c3)c3c2OCC3)n1. The first kappa shape index (κ1) is 21.1. The number of benzene rings is 1. The maximum atomic E-state index is 12.5. The molecule has 3 aromatic rings. The number of hydrogen-bond donors (Lipinski definition) is 3. The van der Waals surface area contributed by atoms with Gasteiger partial charge in [-0.2, -0.15) is 0 Å². The second kappa shape index (κ2) is 9.41. The predicted octanol–water partition coefficient (Wildman–Crippen LogP) is 2.58. The number of carbonyl (C=O) groups is 1. The van der Waals surface area contributed by atoms with Crippen molar-refractivity contribution in [2.45, 2.75) is 31.9 Å². The van der Waals surface area contributed by atoms with Crippen LogP contribution in [0.5, 0.6) is 5.75 Å². The average molecular weight is 447 g/mol. The standard InChI is InChI=1S/C24H26N6O3/c25-24-26-8-6-20(30-24)19-14-28-22(18-7-10-33-21(18)19)27-12-15-3-1-4-16(11-15)23(31)29-13-17-5-2-9-32-17/h1,3-4,6,8,11,14,17H,2,5,7,9-10,12-13H2,(H,27,28)(H,29,31)(H2,25,26,30)/t17-/m0/s1. The minimum atomic E-state index is -0.0896. The number of ether oxygens (including phenoxy) is 2. The van der Waals surface area contributed by atoms with E-state index in [9.17, 15) is 4.79 Å². The first-order valence-corrected chi connectivity index (χ1v) is 11.1. The lowest BCUT2D eigenvalue weighted by atomic mass is 10.1. The highest BCUT2D eigenvalue weighted by molar-refractivity contribution is 5.94. The summed E-state index contributed by atoms with van der Waals surface area (Å²) >= 11 is 0. The van der Waals surface area contributed by atoms with Crippen LogP contribution in [0.4, 0.5) is 11.8 Å². The summed E-state index contributed by atoms with van der Waals surface area (Å²) in [6.45, 7) is 2.44. The highest BCUT2D eigenvalue weighted by Gasteiger charge is 2.23. The number of nitrogens with one attached hydrogen (secondary N) is 2. The van der Waals surface area contributed by atoms with Gasteiger partial charge in [-0.25, -0.2) is 15.0 Å². The molecule has 1 amide bonds. The fraction of sp³-hybridized carbons (Fsp3) is 0.333. The lowest BCUT2D eigenvalue weighted by molar-refractivity contribution is 0.0857. The van der Waals surface area contributed by atoms with Crippen LogP contribution in [0, 0.1) is 0 Å². The summed E-state index contributed by atoms with van der Waals surface area (Å²) in [5.74, 6) is 1.66. The molecule has 0 aliphatic carbocycles. The van der Waals surface area contributed by atoms with E-state index in [0.29, 0.717) is 31.0 Å². The normalized spacial score (nSPS) is 16.8. The van der Waals surface area contributed by atoms with Crippen molar-refractivity contribution < 1.29 is 14.3 Å². The van der Waals surface area contributed by atoms with Crippen molar-refractivity contribution in [2.75, 3.05) is 30.8 Å². The molecule has 0 spiro atoms. The van der Waals surface area contributed by atoms with Gasteiger partial charge in [-0.1, -0.05) is 12.1 Å². The molecular weight excluding hydrogens is 420 g/mol. The monoisotopic (exact) mass is 446 g/mol. The molecule has 9 heteroatoms. The Morgan fingerprint density at radius 1 is 1.21 bits per heavy atom. The fourth-order valence-electron chi connectivity index (χ4n) is 4.17. The third-order valence-electron chi connectivity index (χ3n) is 5.84. The van der Waals surface area contributed by atoms with Crippen LogP contribution in [0.25, 0.3) is 11.3 Å². The summed E-state index contributed by atoms with van der Waals surface area (Å²) in [5, 5.41) is 6.36. The van der Waals surface area contributed by atoms with Crippen molar-refractivity contribution >= 4 is 17.7 Å². The Balaban J connectivity index is 1.27. The van der Waals surface area contributed by atoms with Crippen LogP contribution >= 0.6 is 0 Å². The zero-order valence-corrected chi connectivity index (χ0v) is 18.2. The number of anilines is 2. The third kappa shape index (κ3) is 4.73. The van der Waals surface area contributed by atoms with E-state index in [1.807, 2.05) is 24.3 Å². The van der Waals surface area contributed by atoms with Crippen LogP contribution in [0.3, 0.4) is 0 Å². The molecule has 5 rings (SSSR count). The minimum absolute atomic E-state index is 0.0896. The molecule has 1 fully saturated rings. The predicted molar refractivity (Wildman–Crippen MR) is 124 cm³/mol. The number of hydrogen-bond acceptors (Lipinski definition) is 8. The lowest BCUT2D eigenvalue weighted by Gasteiger charge is -2.13. The first-order chi connectivity index (χ1) is 16.2. The summed E-state index contributed by atoms with van der Waals surface area (Å²) < 4.78 is 11.5. The molecule has 170 valence electrons. The van der Waals surface area contributed by atoms with Gasteiger partial charge in [0, 0.05) is 49.6 Å². The molecule has 2 aromatic heterocycles. The van der Waals surface area contributed by atoms with Gasteiger partial charge in [-0.3, -0.25) is 4.79 Å². The van der Waals surface area contributed by atoms with Gasteiger partial charge in [0.1, 0.15) is 11.6 Å². The molecule has 9 nitrogen and oxygen atoms in total. The van der Waals surface area contributed by atoms with Crippen LogP contribution in [0.15, 0.2) is 42.7 Å². The number of amides is 1. The Bertz CT molecular complexity index is 1160. The minimum Gasteiger partial charge on any atom is -0.492 e. The number of nitrogens with zero attached hydrogens (tertiary/aromatic N) is 3. The van der Waals surface area contributed by atoms with Gasteiger partial charge in [-0.15, -0.1) is 0 Å². The van der Waals surface area contributed by atoms with Crippen molar-refractivity contribution in [3.8, 4) is 17.0 Å². The Hall–Kier alpha value is -3.72. The first-order valence-electron chi connectivity index (χ1n) is 11.1. The second-order valence-corrected chi connectivity index (χ2v) is 8.13. The second-order valence-electron chi connectivity index (χ2n) is 8.13. The van der Waals surface area contributed by atoms with Gasteiger partial charge in [0.2, 0.25) is 5.95 Å². The molecular formula is C24H26N6O3. The molecule has 33 heavy (non-hydrogen) atoms. The summed E-state index contributed by atoms with van der Waals surface area (Å²) in [5.41, 5.74) is 9.84.